The SMILES string of the molecule is CCCC(N)c1nc(C(=O)Nc2ccc(OC)cc2)co1. The van der Waals surface area contributed by atoms with E-state index in [4.69, 9.17) is 14.9 Å². The lowest BCUT2D eigenvalue weighted by molar-refractivity contribution is 0.102. The molecule has 3 N–H and O–H groups in total. The average Bonchev–Trinajstić information content (AvgIpc) is 2.98. The number of carbonyl (C=O) groups excluding carboxylic acids is 1. The van der Waals surface area contributed by atoms with Crippen molar-refractivity contribution in [3.63, 3.8) is 0 Å². The number of carbonyl (C=O) groups is 1. The quantitative estimate of drug-likeness (QED) is 0.853. The summed E-state index contributed by atoms with van der Waals surface area (Å²) in [6.07, 6.45) is 3.01. The number of hydrogen-bond acceptors (Lipinski definition) is 5. The fourth-order valence-corrected chi connectivity index (χ4v) is 1.87. The molecule has 1 aromatic heterocycles. The molecule has 1 aromatic carbocycles. The van der Waals surface area contributed by atoms with Crippen LogP contribution in [-0.4, -0.2) is 18.0 Å². The summed E-state index contributed by atoms with van der Waals surface area (Å²) >= 11 is 0. The number of rotatable bonds is 6. The number of nitrogens with two attached hydrogens (primary N) is 1. The summed E-state index contributed by atoms with van der Waals surface area (Å²) < 4.78 is 10.3. The second-order valence-corrected chi connectivity index (χ2v) is 4.65. The number of aromatic nitrogens is 1. The van der Waals surface area contributed by atoms with E-state index in [2.05, 4.69) is 10.3 Å². The molecular formula is C15H19N3O3. The molecule has 1 atom stereocenters. The zero-order chi connectivity index (χ0) is 15.2. The van der Waals surface area contributed by atoms with Crippen LogP contribution in [0.4, 0.5) is 5.69 Å². The minimum atomic E-state index is -0.334. The summed E-state index contributed by atoms with van der Waals surface area (Å²) in [4.78, 5) is 16.2. The molecule has 112 valence electrons. The van der Waals surface area contributed by atoms with E-state index in [0.29, 0.717) is 11.6 Å². The van der Waals surface area contributed by atoms with Crippen molar-refractivity contribution in [2.24, 2.45) is 5.73 Å². The van der Waals surface area contributed by atoms with Crippen LogP contribution in [0.15, 0.2) is 34.9 Å². The highest BCUT2D eigenvalue weighted by Gasteiger charge is 2.16. The Kier molecular flexibility index (Phi) is 4.94. The molecule has 1 amide bonds. The number of oxazole rings is 1. The van der Waals surface area contributed by atoms with Gasteiger partial charge in [0.2, 0.25) is 5.89 Å². The maximum Gasteiger partial charge on any atom is 0.277 e. The molecule has 2 aromatic rings. The number of benzene rings is 1. The fourth-order valence-electron chi connectivity index (χ4n) is 1.87. The van der Waals surface area contributed by atoms with Crippen LogP contribution in [0.25, 0.3) is 0 Å². The van der Waals surface area contributed by atoms with Gasteiger partial charge in [0.05, 0.1) is 13.2 Å². The number of hydrogen-bond donors (Lipinski definition) is 2. The summed E-state index contributed by atoms with van der Waals surface area (Å²) in [5.41, 5.74) is 6.77. The third kappa shape index (κ3) is 3.82. The first-order chi connectivity index (χ1) is 10.1. The van der Waals surface area contributed by atoms with Crippen molar-refractivity contribution < 1.29 is 13.9 Å². The van der Waals surface area contributed by atoms with Crippen LogP contribution in [0.5, 0.6) is 5.75 Å². The molecular weight excluding hydrogens is 270 g/mol. The Morgan fingerprint density at radius 3 is 2.76 bits per heavy atom. The summed E-state index contributed by atoms with van der Waals surface area (Å²) in [6.45, 7) is 2.03. The monoisotopic (exact) mass is 289 g/mol. The third-order valence-electron chi connectivity index (χ3n) is 3.02. The number of nitrogens with one attached hydrogen (secondary N) is 1. The van der Waals surface area contributed by atoms with Gasteiger partial charge in [-0.25, -0.2) is 4.98 Å². The summed E-state index contributed by atoms with van der Waals surface area (Å²) in [7, 11) is 1.59. The van der Waals surface area contributed by atoms with Crippen LogP contribution in [0, 0.1) is 0 Å². The van der Waals surface area contributed by atoms with Crippen molar-refractivity contribution in [1.82, 2.24) is 4.98 Å². The van der Waals surface area contributed by atoms with Gasteiger partial charge in [0.25, 0.3) is 5.91 Å². The van der Waals surface area contributed by atoms with Gasteiger partial charge >= 0.3 is 0 Å². The van der Waals surface area contributed by atoms with Crippen LogP contribution < -0.4 is 15.8 Å². The maximum absolute atomic E-state index is 12.1. The summed E-state index contributed by atoms with van der Waals surface area (Å²) in [5, 5.41) is 2.74. The van der Waals surface area contributed by atoms with E-state index in [-0.39, 0.29) is 17.6 Å². The number of anilines is 1. The van der Waals surface area contributed by atoms with Crippen LogP contribution >= 0.6 is 0 Å². The average molecular weight is 289 g/mol. The Bertz CT molecular complexity index is 592. The molecule has 6 nitrogen and oxygen atoms in total. The zero-order valence-corrected chi connectivity index (χ0v) is 12.1. The van der Waals surface area contributed by atoms with Gasteiger partial charge in [-0.05, 0) is 30.7 Å². The van der Waals surface area contributed by atoms with Crippen LogP contribution in [0.2, 0.25) is 0 Å². The van der Waals surface area contributed by atoms with Crippen molar-refractivity contribution in [1.29, 1.82) is 0 Å². The third-order valence-corrected chi connectivity index (χ3v) is 3.02. The van der Waals surface area contributed by atoms with E-state index in [1.807, 2.05) is 6.92 Å². The van der Waals surface area contributed by atoms with Gasteiger partial charge in [-0.2, -0.15) is 0 Å². The normalized spacial score (nSPS) is 12.0. The van der Waals surface area contributed by atoms with E-state index >= 15 is 0 Å². The van der Waals surface area contributed by atoms with E-state index in [1.54, 1.807) is 31.4 Å². The molecule has 0 fully saturated rings. The number of ether oxygens (including phenoxy) is 1. The topological polar surface area (TPSA) is 90.4 Å². The summed E-state index contributed by atoms with van der Waals surface area (Å²) in [5.74, 6) is 0.776. The molecule has 0 bridgehead atoms. The van der Waals surface area contributed by atoms with E-state index < -0.39 is 0 Å². The Morgan fingerprint density at radius 2 is 2.14 bits per heavy atom. The number of nitrogens with zero attached hydrogens (tertiary/aromatic N) is 1. The molecule has 0 saturated carbocycles. The first kappa shape index (κ1) is 15.1. The van der Waals surface area contributed by atoms with Crippen LogP contribution in [0.1, 0.15) is 42.2 Å². The standard InChI is InChI=1S/C15H19N3O3/c1-3-4-12(16)15-18-13(9-21-15)14(19)17-10-5-7-11(20-2)8-6-10/h5-9,12H,3-4,16H2,1-2H3,(H,17,19). The van der Waals surface area contributed by atoms with E-state index in [9.17, 15) is 4.79 Å². The molecule has 0 spiro atoms. The largest absolute Gasteiger partial charge is 0.497 e. The highest BCUT2D eigenvalue weighted by Crippen LogP contribution is 2.18. The molecule has 0 saturated heterocycles. The van der Waals surface area contributed by atoms with Gasteiger partial charge in [-0.3, -0.25) is 4.79 Å². The van der Waals surface area contributed by atoms with Gasteiger partial charge in [0.15, 0.2) is 5.69 Å². The molecule has 0 aliphatic rings. The fraction of sp³-hybridized carbons (Fsp3) is 0.333. The molecule has 1 heterocycles. The number of amides is 1. The highest BCUT2D eigenvalue weighted by molar-refractivity contribution is 6.02. The Hall–Kier alpha value is -2.34. The molecule has 2 rings (SSSR count). The second-order valence-electron chi connectivity index (χ2n) is 4.65. The molecule has 0 aliphatic heterocycles. The van der Waals surface area contributed by atoms with Crippen molar-refractivity contribution in [3.05, 3.63) is 42.1 Å². The minimum absolute atomic E-state index is 0.215. The lowest BCUT2D eigenvalue weighted by atomic mass is 10.2. The molecule has 21 heavy (non-hydrogen) atoms. The minimum Gasteiger partial charge on any atom is -0.497 e. The number of methoxy groups -OCH3 is 1. The van der Waals surface area contributed by atoms with Crippen molar-refractivity contribution in [2.45, 2.75) is 25.8 Å². The predicted octanol–water partition coefficient (Wildman–Crippen LogP) is 2.74. The Labute approximate surface area is 123 Å². The van der Waals surface area contributed by atoms with Crippen LogP contribution in [0.3, 0.4) is 0 Å². The van der Waals surface area contributed by atoms with Gasteiger partial charge in [0, 0.05) is 5.69 Å². The molecule has 0 radical (unpaired) electrons. The molecule has 6 heteroatoms. The predicted molar refractivity (Wildman–Crippen MR) is 79.3 cm³/mol. The van der Waals surface area contributed by atoms with Gasteiger partial charge in [0.1, 0.15) is 12.0 Å². The zero-order valence-electron chi connectivity index (χ0n) is 12.1. The van der Waals surface area contributed by atoms with Crippen LogP contribution in [-0.2, 0) is 0 Å². The lowest BCUT2D eigenvalue weighted by Gasteiger charge is -2.05. The summed E-state index contributed by atoms with van der Waals surface area (Å²) in [6, 6.07) is 6.75. The van der Waals surface area contributed by atoms with E-state index in [1.165, 1.54) is 6.26 Å². The Balaban J connectivity index is 2.02. The first-order valence-electron chi connectivity index (χ1n) is 6.80. The van der Waals surface area contributed by atoms with Crippen molar-refractivity contribution >= 4 is 11.6 Å². The first-order valence-corrected chi connectivity index (χ1v) is 6.80. The molecule has 0 aliphatic carbocycles. The Morgan fingerprint density at radius 1 is 1.43 bits per heavy atom. The van der Waals surface area contributed by atoms with Gasteiger partial charge in [-0.1, -0.05) is 13.3 Å². The maximum atomic E-state index is 12.1. The highest BCUT2D eigenvalue weighted by atomic mass is 16.5. The van der Waals surface area contributed by atoms with Gasteiger partial charge in [-0.15, -0.1) is 0 Å². The van der Waals surface area contributed by atoms with E-state index in [0.717, 1.165) is 18.6 Å². The van der Waals surface area contributed by atoms with Gasteiger partial charge < -0.3 is 20.2 Å². The van der Waals surface area contributed by atoms with Crippen molar-refractivity contribution in [3.8, 4) is 5.75 Å². The molecule has 1 unspecified atom stereocenters. The van der Waals surface area contributed by atoms with Crippen molar-refractivity contribution in [2.75, 3.05) is 12.4 Å². The lowest BCUT2D eigenvalue weighted by Crippen LogP contribution is -2.14. The second kappa shape index (κ2) is 6.90. The smallest absolute Gasteiger partial charge is 0.277 e.